The Morgan fingerprint density at radius 2 is 2.08 bits per heavy atom. The fraction of sp³-hybridized carbons (Fsp3) is 0.100. The van der Waals surface area contributed by atoms with Gasteiger partial charge < -0.3 is 5.11 Å². The molecule has 0 aliphatic carbocycles. The molecule has 0 saturated heterocycles. The molecular formula is C10H9NO. The minimum atomic E-state index is 0.329. The van der Waals surface area contributed by atoms with E-state index in [1.807, 2.05) is 25.1 Å². The van der Waals surface area contributed by atoms with Gasteiger partial charge in [-0.3, -0.25) is 4.98 Å². The first kappa shape index (κ1) is 7.10. The summed E-state index contributed by atoms with van der Waals surface area (Å²) in [7, 11) is 0. The van der Waals surface area contributed by atoms with Gasteiger partial charge in [-0.2, -0.15) is 0 Å². The zero-order valence-corrected chi connectivity index (χ0v) is 6.78. The quantitative estimate of drug-likeness (QED) is 0.639. The van der Waals surface area contributed by atoms with Crippen LogP contribution in [0.15, 0.2) is 30.5 Å². The van der Waals surface area contributed by atoms with E-state index in [2.05, 4.69) is 4.98 Å². The number of phenolic OH excluding ortho intramolecular Hbond substituents is 1. The number of aromatic hydroxyl groups is 1. The molecule has 0 bridgehead atoms. The highest BCUT2D eigenvalue weighted by Gasteiger charge is 2.00. The van der Waals surface area contributed by atoms with E-state index in [4.69, 9.17) is 0 Å². The molecule has 0 aliphatic rings. The SMILES string of the molecule is Cc1c(O)ccc2ncccc12. The van der Waals surface area contributed by atoms with Crippen molar-refractivity contribution in [3.63, 3.8) is 0 Å². The number of rotatable bonds is 0. The highest BCUT2D eigenvalue weighted by Crippen LogP contribution is 2.23. The minimum Gasteiger partial charge on any atom is -0.508 e. The molecule has 1 aromatic heterocycles. The van der Waals surface area contributed by atoms with Crippen molar-refractivity contribution in [2.24, 2.45) is 0 Å². The Morgan fingerprint density at radius 3 is 2.92 bits per heavy atom. The van der Waals surface area contributed by atoms with E-state index in [1.54, 1.807) is 12.3 Å². The van der Waals surface area contributed by atoms with E-state index >= 15 is 0 Å². The predicted octanol–water partition coefficient (Wildman–Crippen LogP) is 2.25. The van der Waals surface area contributed by atoms with Gasteiger partial charge in [0.25, 0.3) is 0 Å². The van der Waals surface area contributed by atoms with E-state index in [0.29, 0.717) is 5.75 Å². The van der Waals surface area contributed by atoms with Crippen LogP contribution in [-0.2, 0) is 0 Å². The second kappa shape index (κ2) is 2.48. The van der Waals surface area contributed by atoms with Crippen LogP contribution in [0.1, 0.15) is 5.56 Å². The number of nitrogens with zero attached hydrogens (tertiary/aromatic N) is 1. The molecule has 0 unspecified atom stereocenters. The molecule has 0 fully saturated rings. The summed E-state index contributed by atoms with van der Waals surface area (Å²) in [5, 5.41) is 10.4. The van der Waals surface area contributed by atoms with Crippen molar-refractivity contribution in [3.05, 3.63) is 36.0 Å². The van der Waals surface area contributed by atoms with Gasteiger partial charge in [-0.1, -0.05) is 6.07 Å². The van der Waals surface area contributed by atoms with Gasteiger partial charge in [-0.15, -0.1) is 0 Å². The average molecular weight is 159 g/mol. The largest absolute Gasteiger partial charge is 0.508 e. The lowest BCUT2D eigenvalue weighted by molar-refractivity contribution is 0.472. The second-order valence-electron chi connectivity index (χ2n) is 2.78. The van der Waals surface area contributed by atoms with Gasteiger partial charge in [-0.05, 0) is 25.1 Å². The summed E-state index contributed by atoms with van der Waals surface area (Å²) in [6.45, 7) is 1.89. The molecule has 1 aromatic carbocycles. The van der Waals surface area contributed by atoms with Crippen LogP contribution in [0.5, 0.6) is 5.75 Å². The van der Waals surface area contributed by atoms with Crippen LogP contribution in [0.25, 0.3) is 10.9 Å². The molecule has 2 rings (SSSR count). The number of aromatic nitrogens is 1. The van der Waals surface area contributed by atoms with Crippen LogP contribution >= 0.6 is 0 Å². The highest BCUT2D eigenvalue weighted by molar-refractivity contribution is 5.83. The van der Waals surface area contributed by atoms with Gasteiger partial charge in [0.1, 0.15) is 5.75 Å². The first-order chi connectivity index (χ1) is 5.79. The van der Waals surface area contributed by atoms with Crippen molar-refractivity contribution in [1.29, 1.82) is 0 Å². The topological polar surface area (TPSA) is 33.1 Å². The molecule has 2 heteroatoms. The predicted molar refractivity (Wildman–Crippen MR) is 48.1 cm³/mol. The molecule has 0 radical (unpaired) electrons. The van der Waals surface area contributed by atoms with Crippen molar-refractivity contribution in [1.82, 2.24) is 4.98 Å². The van der Waals surface area contributed by atoms with Crippen LogP contribution in [0.2, 0.25) is 0 Å². The van der Waals surface area contributed by atoms with Crippen molar-refractivity contribution >= 4 is 10.9 Å². The van der Waals surface area contributed by atoms with Crippen molar-refractivity contribution in [3.8, 4) is 5.75 Å². The molecule has 0 atom stereocenters. The summed E-state index contributed by atoms with van der Waals surface area (Å²) >= 11 is 0. The molecule has 0 spiro atoms. The number of benzene rings is 1. The second-order valence-corrected chi connectivity index (χ2v) is 2.78. The lowest BCUT2D eigenvalue weighted by Crippen LogP contribution is -1.81. The first-order valence-corrected chi connectivity index (χ1v) is 3.82. The maximum atomic E-state index is 9.39. The molecule has 1 N–H and O–H groups in total. The molecule has 12 heavy (non-hydrogen) atoms. The van der Waals surface area contributed by atoms with Gasteiger partial charge in [0.05, 0.1) is 5.52 Å². The standard InChI is InChI=1S/C10H9NO/c1-7-8-3-2-6-11-9(8)4-5-10(7)12/h2-6,12H,1H3. The number of aryl methyl sites for hydroxylation is 1. The van der Waals surface area contributed by atoms with Gasteiger partial charge in [0.15, 0.2) is 0 Å². The summed E-state index contributed by atoms with van der Waals surface area (Å²) in [5.41, 5.74) is 1.81. The van der Waals surface area contributed by atoms with Crippen LogP contribution < -0.4 is 0 Å². The van der Waals surface area contributed by atoms with Gasteiger partial charge in [0.2, 0.25) is 0 Å². The third-order valence-electron chi connectivity index (χ3n) is 2.03. The number of pyridine rings is 1. The van der Waals surface area contributed by atoms with Gasteiger partial charge >= 0.3 is 0 Å². The lowest BCUT2D eigenvalue weighted by Gasteiger charge is -2.02. The Kier molecular flexibility index (Phi) is 1.47. The van der Waals surface area contributed by atoms with E-state index < -0.39 is 0 Å². The normalized spacial score (nSPS) is 10.4. The number of hydrogen-bond donors (Lipinski definition) is 1. The smallest absolute Gasteiger partial charge is 0.119 e. The molecule has 0 aliphatic heterocycles. The Bertz CT molecular complexity index is 423. The van der Waals surface area contributed by atoms with Gasteiger partial charge in [0, 0.05) is 17.1 Å². The average Bonchev–Trinajstić information content (AvgIpc) is 2.12. The van der Waals surface area contributed by atoms with Crippen LogP contribution in [0.4, 0.5) is 0 Å². The molecule has 60 valence electrons. The number of phenols is 1. The van der Waals surface area contributed by atoms with Crippen molar-refractivity contribution in [2.45, 2.75) is 6.92 Å². The summed E-state index contributed by atoms with van der Waals surface area (Å²) in [4.78, 5) is 4.17. The van der Waals surface area contributed by atoms with E-state index in [0.717, 1.165) is 16.5 Å². The summed E-state index contributed by atoms with van der Waals surface area (Å²) in [6, 6.07) is 7.31. The summed E-state index contributed by atoms with van der Waals surface area (Å²) in [5.74, 6) is 0.329. The third kappa shape index (κ3) is 0.925. The van der Waals surface area contributed by atoms with Gasteiger partial charge in [-0.25, -0.2) is 0 Å². The Balaban J connectivity index is 2.91. The number of fused-ring (bicyclic) bond motifs is 1. The Labute approximate surface area is 70.5 Å². The minimum absolute atomic E-state index is 0.329. The molecule has 0 amide bonds. The fourth-order valence-electron chi connectivity index (χ4n) is 1.29. The monoisotopic (exact) mass is 159 g/mol. The molecule has 2 aromatic rings. The van der Waals surface area contributed by atoms with E-state index in [9.17, 15) is 5.11 Å². The Morgan fingerprint density at radius 1 is 1.25 bits per heavy atom. The van der Waals surface area contributed by atoms with Crippen LogP contribution in [0.3, 0.4) is 0 Å². The zero-order chi connectivity index (χ0) is 8.55. The zero-order valence-electron chi connectivity index (χ0n) is 6.78. The third-order valence-corrected chi connectivity index (χ3v) is 2.03. The molecule has 1 heterocycles. The highest BCUT2D eigenvalue weighted by atomic mass is 16.3. The van der Waals surface area contributed by atoms with E-state index in [1.165, 1.54) is 0 Å². The van der Waals surface area contributed by atoms with Crippen molar-refractivity contribution < 1.29 is 5.11 Å². The molecular weight excluding hydrogens is 150 g/mol. The Hall–Kier alpha value is -1.57. The summed E-state index contributed by atoms with van der Waals surface area (Å²) in [6.07, 6.45) is 1.75. The lowest BCUT2D eigenvalue weighted by atomic mass is 10.1. The van der Waals surface area contributed by atoms with Crippen molar-refractivity contribution in [2.75, 3.05) is 0 Å². The maximum absolute atomic E-state index is 9.39. The van der Waals surface area contributed by atoms with E-state index in [-0.39, 0.29) is 0 Å². The molecule has 0 saturated carbocycles. The van der Waals surface area contributed by atoms with Crippen LogP contribution in [-0.4, -0.2) is 10.1 Å². The fourth-order valence-corrected chi connectivity index (χ4v) is 1.29. The maximum Gasteiger partial charge on any atom is 0.119 e. The first-order valence-electron chi connectivity index (χ1n) is 3.82. The number of hydrogen-bond acceptors (Lipinski definition) is 2. The summed E-state index contributed by atoms with van der Waals surface area (Å²) < 4.78 is 0. The van der Waals surface area contributed by atoms with Crippen LogP contribution in [0, 0.1) is 6.92 Å². The molecule has 2 nitrogen and oxygen atoms in total.